The van der Waals surface area contributed by atoms with Crippen LogP contribution in [0.25, 0.3) is 0 Å². The first-order valence-corrected chi connectivity index (χ1v) is 7.69. The Balaban J connectivity index is 1.59. The molecule has 0 bridgehead atoms. The van der Waals surface area contributed by atoms with Gasteiger partial charge in [-0.05, 0) is 18.1 Å². The van der Waals surface area contributed by atoms with Crippen LogP contribution in [-0.4, -0.2) is 32.8 Å². The second-order valence-electron chi connectivity index (χ2n) is 5.25. The summed E-state index contributed by atoms with van der Waals surface area (Å²) in [5.74, 6) is 1.01. The molecule has 2 N–H and O–H groups in total. The lowest BCUT2D eigenvalue weighted by Gasteiger charge is -2.28. The summed E-state index contributed by atoms with van der Waals surface area (Å²) >= 11 is 12.2. The van der Waals surface area contributed by atoms with E-state index in [-0.39, 0.29) is 6.04 Å². The lowest BCUT2D eigenvalue weighted by molar-refractivity contribution is 0.210. The highest BCUT2D eigenvalue weighted by molar-refractivity contribution is 6.42. The van der Waals surface area contributed by atoms with E-state index in [0.29, 0.717) is 10.0 Å². The van der Waals surface area contributed by atoms with Crippen molar-refractivity contribution >= 4 is 23.2 Å². The van der Waals surface area contributed by atoms with E-state index in [9.17, 15) is 0 Å². The van der Waals surface area contributed by atoms with Gasteiger partial charge in [0.25, 0.3) is 0 Å². The molecule has 21 heavy (non-hydrogen) atoms. The summed E-state index contributed by atoms with van der Waals surface area (Å²) < 4.78 is 2.09. The van der Waals surface area contributed by atoms with Gasteiger partial charge in [0.1, 0.15) is 12.2 Å². The standard InChI is InChI=1S/C14H17Cl2N5/c15-11-3-1-2-10(14(11)16)12(17)4-5-20-6-7-21-9-18-19-13(21)8-20/h1-3,9,12H,4-8,17H2. The molecule has 0 spiro atoms. The minimum atomic E-state index is -0.115. The third-order valence-corrected chi connectivity index (χ3v) is 4.69. The summed E-state index contributed by atoms with van der Waals surface area (Å²) in [5.41, 5.74) is 7.16. The maximum Gasteiger partial charge on any atom is 0.147 e. The summed E-state index contributed by atoms with van der Waals surface area (Å²) in [5, 5.41) is 9.16. The Bertz CT molecular complexity index is 628. The van der Waals surface area contributed by atoms with Gasteiger partial charge in [-0.1, -0.05) is 35.3 Å². The van der Waals surface area contributed by atoms with Crippen LogP contribution in [0.15, 0.2) is 24.5 Å². The van der Waals surface area contributed by atoms with Gasteiger partial charge in [-0.15, -0.1) is 10.2 Å². The van der Waals surface area contributed by atoms with Crippen molar-refractivity contribution in [2.24, 2.45) is 5.73 Å². The number of benzene rings is 1. The van der Waals surface area contributed by atoms with Gasteiger partial charge in [0.2, 0.25) is 0 Å². The SMILES string of the molecule is NC(CCN1CCn2cnnc2C1)c1cccc(Cl)c1Cl. The van der Waals surface area contributed by atoms with Crippen LogP contribution in [0.4, 0.5) is 0 Å². The average Bonchev–Trinajstić information content (AvgIpc) is 2.95. The van der Waals surface area contributed by atoms with Crippen molar-refractivity contribution in [2.75, 3.05) is 13.1 Å². The Kier molecular flexibility index (Phi) is 4.45. The number of hydrogen-bond donors (Lipinski definition) is 1. The molecule has 2 heterocycles. The zero-order valence-corrected chi connectivity index (χ0v) is 13.1. The van der Waals surface area contributed by atoms with Crippen molar-refractivity contribution in [1.82, 2.24) is 19.7 Å². The first-order chi connectivity index (χ1) is 10.1. The molecule has 1 aliphatic rings. The van der Waals surface area contributed by atoms with E-state index in [0.717, 1.165) is 44.0 Å². The number of hydrogen-bond acceptors (Lipinski definition) is 4. The van der Waals surface area contributed by atoms with Crippen molar-refractivity contribution < 1.29 is 0 Å². The number of rotatable bonds is 4. The molecule has 0 radical (unpaired) electrons. The van der Waals surface area contributed by atoms with Gasteiger partial charge >= 0.3 is 0 Å². The molecule has 3 rings (SSSR count). The molecular formula is C14H17Cl2N5. The van der Waals surface area contributed by atoms with Gasteiger partial charge in [-0.2, -0.15) is 0 Å². The molecule has 2 aromatic rings. The van der Waals surface area contributed by atoms with Gasteiger partial charge in [0.15, 0.2) is 0 Å². The van der Waals surface area contributed by atoms with E-state index in [2.05, 4.69) is 19.7 Å². The van der Waals surface area contributed by atoms with E-state index >= 15 is 0 Å². The van der Waals surface area contributed by atoms with Crippen LogP contribution in [0.3, 0.4) is 0 Å². The smallest absolute Gasteiger partial charge is 0.147 e. The topological polar surface area (TPSA) is 60.0 Å². The summed E-state index contributed by atoms with van der Waals surface area (Å²) in [7, 11) is 0. The quantitative estimate of drug-likeness (QED) is 0.938. The van der Waals surface area contributed by atoms with Crippen molar-refractivity contribution in [2.45, 2.75) is 25.6 Å². The van der Waals surface area contributed by atoms with E-state index in [1.165, 1.54) is 0 Å². The summed E-state index contributed by atoms with van der Waals surface area (Å²) in [6.07, 6.45) is 2.61. The van der Waals surface area contributed by atoms with Crippen molar-refractivity contribution in [3.8, 4) is 0 Å². The van der Waals surface area contributed by atoms with E-state index in [1.807, 2.05) is 12.1 Å². The Hall–Kier alpha value is -1.14. The van der Waals surface area contributed by atoms with Crippen LogP contribution in [0.2, 0.25) is 10.0 Å². The summed E-state index contributed by atoms with van der Waals surface area (Å²) in [6.45, 7) is 3.63. The Morgan fingerprint density at radius 3 is 3.00 bits per heavy atom. The second kappa shape index (κ2) is 6.32. The molecule has 0 saturated heterocycles. The maximum atomic E-state index is 6.25. The van der Waals surface area contributed by atoms with E-state index < -0.39 is 0 Å². The van der Waals surface area contributed by atoms with Gasteiger partial charge in [-0.25, -0.2) is 0 Å². The predicted octanol–water partition coefficient (Wildman–Crippen LogP) is 2.49. The van der Waals surface area contributed by atoms with Crippen molar-refractivity contribution in [3.63, 3.8) is 0 Å². The highest BCUT2D eigenvalue weighted by atomic mass is 35.5. The molecule has 1 unspecified atom stereocenters. The van der Waals surface area contributed by atoms with E-state index in [4.69, 9.17) is 28.9 Å². The van der Waals surface area contributed by atoms with Gasteiger partial charge in [0.05, 0.1) is 16.6 Å². The molecule has 1 aromatic heterocycles. The fourth-order valence-corrected chi connectivity index (χ4v) is 3.04. The summed E-state index contributed by atoms with van der Waals surface area (Å²) in [6, 6.07) is 5.48. The largest absolute Gasteiger partial charge is 0.324 e. The van der Waals surface area contributed by atoms with Gasteiger partial charge < -0.3 is 10.3 Å². The zero-order valence-electron chi connectivity index (χ0n) is 11.5. The fraction of sp³-hybridized carbons (Fsp3) is 0.429. The third kappa shape index (κ3) is 3.21. The van der Waals surface area contributed by atoms with Crippen molar-refractivity contribution in [1.29, 1.82) is 0 Å². The molecule has 0 amide bonds. The lowest BCUT2D eigenvalue weighted by atomic mass is 10.0. The van der Waals surface area contributed by atoms with Gasteiger partial charge in [0, 0.05) is 25.7 Å². The van der Waals surface area contributed by atoms with Crippen LogP contribution in [-0.2, 0) is 13.1 Å². The van der Waals surface area contributed by atoms with Crippen LogP contribution in [0, 0.1) is 0 Å². The Labute approximate surface area is 133 Å². The Morgan fingerprint density at radius 2 is 2.14 bits per heavy atom. The highest BCUT2D eigenvalue weighted by Gasteiger charge is 2.19. The molecule has 7 heteroatoms. The van der Waals surface area contributed by atoms with Gasteiger partial charge in [-0.3, -0.25) is 4.90 Å². The number of nitrogens with two attached hydrogens (primary N) is 1. The lowest BCUT2D eigenvalue weighted by Crippen LogP contribution is -2.35. The van der Waals surface area contributed by atoms with Crippen molar-refractivity contribution in [3.05, 3.63) is 46.0 Å². The van der Waals surface area contributed by atoms with Crippen LogP contribution >= 0.6 is 23.2 Å². The Morgan fingerprint density at radius 1 is 1.29 bits per heavy atom. The molecule has 0 saturated carbocycles. The molecular weight excluding hydrogens is 309 g/mol. The zero-order chi connectivity index (χ0) is 14.8. The monoisotopic (exact) mass is 325 g/mol. The fourth-order valence-electron chi connectivity index (χ4n) is 2.59. The molecule has 5 nitrogen and oxygen atoms in total. The molecule has 1 atom stereocenters. The van der Waals surface area contributed by atoms with E-state index in [1.54, 1.807) is 12.4 Å². The minimum absolute atomic E-state index is 0.115. The number of fused-ring (bicyclic) bond motifs is 1. The maximum absolute atomic E-state index is 6.25. The molecule has 1 aliphatic heterocycles. The molecule has 112 valence electrons. The third-order valence-electron chi connectivity index (χ3n) is 3.86. The van der Waals surface area contributed by atoms with Crippen LogP contribution < -0.4 is 5.73 Å². The number of nitrogens with zero attached hydrogens (tertiary/aromatic N) is 4. The van der Waals surface area contributed by atoms with Crippen LogP contribution in [0.5, 0.6) is 0 Å². The first kappa shape index (κ1) is 14.8. The highest BCUT2D eigenvalue weighted by Crippen LogP contribution is 2.30. The molecule has 0 aliphatic carbocycles. The minimum Gasteiger partial charge on any atom is -0.324 e. The number of halogens is 2. The predicted molar refractivity (Wildman–Crippen MR) is 83.3 cm³/mol. The van der Waals surface area contributed by atoms with Crippen LogP contribution in [0.1, 0.15) is 23.9 Å². The first-order valence-electron chi connectivity index (χ1n) is 6.93. The second-order valence-corrected chi connectivity index (χ2v) is 6.04. The molecule has 0 fully saturated rings. The number of aromatic nitrogens is 3. The average molecular weight is 326 g/mol. The normalized spacial score (nSPS) is 16.7. The molecule has 1 aromatic carbocycles. The summed E-state index contributed by atoms with van der Waals surface area (Å²) in [4.78, 5) is 2.34.